The molecule has 0 amide bonds. The minimum atomic E-state index is -0.427. The summed E-state index contributed by atoms with van der Waals surface area (Å²) < 4.78 is 0. The molecule has 78 valence electrons. The molecule has 1 N–H and O–H groups in total. The van der Waals surface area contributed by atoms with E-state index in [4.69, 9.17) is 11.6 Å². The molecule has 0 radical (unpaired) electrons. The van der Waals surface area contributed by atoms with E-state index < -0.39 is 5.54 Å². The molecule has 1 aliphatic carbocycles. The summed E-state index contributed by atoms with van der Waals surface area (Å²) in [4.78, 5) is 14.1. The van der Waals surface area contributed by atoms with Crippen molar-refractivity contribution in [3.8, 4) is 5.75 Å². The van der Waals surface area contributed by atoms with Crippen LogP contribution in [0.25, 0.3) is 0 Å². The second kappa shape index (κ2) is 3.37. The zero-order valence-corrected chi connectivity index (χ0v) is 9.01. The quantitative estimate of drug-likeness (QED) is 0.619. The molecule has 0 aliphatic heterocycles. The maximum Gasteiger partial charge on any atom is 0.235 e. The summed E-state index contributed by atoms with van der Waals surface area (Å²) in [5, 5.41) is 9.70. The third-order valence-electron chi connectivity index (χ3n) is 2.78. The van der Waals surface area contributed by atoms with E-state index in [0.717, 1.165) is 24.0 Å². The van der Waals surface area contributed by atoms with Gasteiger partial charge in [0, 0.05) is 0 Å². The number of hydrogen-bond acceptors (Lipinski definition) is 3. The van der Waals surface area contributed by atoms with Gasteiger partial charge in [0.2, 0.25) is 6.08 Å². The monoisotopic (exact) mass is 223 g/mol. The van der Waals surface area contributed by atoms with Gasteiger partial charge in [0.1, 0.15) is 5.75 Å². The molecule has 0 spiro atoms. The highest BCUT2D eigenvalue weighted by molar-refractivity contribution is 6.32. The summed E-state index contributed by atoms with van der Waals surface area (Å²) in [6, 6.07) is 3.28. The molecule has 4 heteroatoms. The lowest BCUT2D eigenvalue weighted by atomic mass is 9.99. The average Bonchev–Trinajstić information content (AvgIpc) is 2.93. The molecule has 1 saturated carbocycles. The number of phenolic OH excluding ortho intramolecular Hbond substituents is 1. The van der Waals surface area contributed by atoms with Crippen LogP contribution in [-0.2, 0) is 10.3 Å². The van der Waals surface area contributed by atoms with E-state index in [1.165, 1.54) is 0 Å². The first-order valence-electron chi connectivity index (χ1n) is 4.68. The Hall–Kier alpha value is -1.31. The second-order valence-electron chi connectivity index (χ2n) is 3.85. The Kier molecular flexibility index (Phi) is 2.29. The molecule has 1 aliphatic rings. The summed E-state index contributed by atoms with van der Waals surface area (Å²) in [5.74, 6) is 0.0591. The van der Waals surface area contributed by atoms with Gasteiger partial charge in [-0.15, -0.1) is 0 Å². The largest absolute Gasteiger partial charge is 0.506 e. The van der Waals surface area contributed by atoms with E-state index >= 15 is 0 Å². The number of isocyanates is 1. The minimum absolute atomic E-state index is 0.0591. The van der Waals surface area contributed by atoms with Gasteiger partial charge in [-0.1, -0.05) is 11.6 Å². The lowest BCUT2D eigenvalue weighted by Gasteiger charge is -2.12. The Balaban J connectivity index is 2.54. The molecule has 0 atom stereocenters. The highest BCUT2D eigenvalue weighted by atomic mass is 35.5. The zero-order valence-electron chi connectivity index (χ0n) is 8.25. The standard InChI is InChI=1S/C11H10ClNO2/c1-7-4-10(15)9(12)5-8(7)11(2-3-11)13-6-14/h4-5,15H,2-3H2,1H3. The number of hydrogen-bond donors (Lipinski definition) is 1. The molecule has 0 aromatic heterocycles. The van der Waals surface area contributed by atoms with Gasteiger partial charge in [0.05, 0.1) is 10.6 Å². The van der Waals surface area contributed by atoms with Crippen LogP contribution in [-0.4, -0.2) is 11.2 Å². The van der Waals surface area contributed by atoms with Crippen molar-refractivity contribution in [3.05, 3.63) is 28.3 Å². The SMILES string of the molecule is Cc1cc(O)c(Cl)cc1C1(N=C=O)CC1. The Morgan fingerprint density at radius 2 is 2.20 bits per heavy atom. The molecule has 1 aromatic rings. The lowest BCUT2D eigenvalue weighted by molar-refractivity contribution is 0.474. The van der Waals surface area contributed by atoms with Crippen LogP contribution in [0.2, 0.25) is 5.02 Å². The van der Waals surface area contributed by atoms with E-state index in [2.05, 4.69) is 4.99 Å². The van der Waals surface area contributed by atoms with Crippen molar-refractivity contribution in [1.29, 1.82) is 0 Å². The van der Waals surface area contributed by atoms with Crippen LogP contribution in [0, 0.1) is 6.92 Å². The molecule has 0 bridgehead atoms. The summed E-state index contributed by atoms with van der Waals surface area (Å²) in [6.07, 6.45) is 3.27. The van der Waals surface area contributed by atoms with E-state index in [1.54, 1.807) is 18.2 Å². The van der Waals surface area contributed by atoms with Crippen LogP contribution in [0.15, 0.2) is 17.1 Å². The third-order valence-corrected chi connectivity index (χ3v) is 3.08. The van der Waals surface area contributed by atoms with Crippen LogP contribution in [0.1, 0.15) is 24.0 Å². The second-order valence-corrected chi connectivity index (χ2v) is 4.26. The molecular formula is C11H10ClNO2. The topological polar surface area (TPSA) is 49.7 Å². The van der Waals surface area contributed by atoms with Gasteiger partial charge in [0.25, 0.3) is 0 Å². The smallest absolute Gasteiger partial charge is 0.235 e. The van der Waals surface area contributed by atoms with Crippen molar-refractivity contribution in [2.75, 3.05) is 0 Å². The fraction of sp³-hybridized carbons (Fsp3) is 0.364. The Bertz CT molecular complexity index is 460. The maximum atomic E-state index is 10.3. The third kappa shape index (κ3) is 1.65. The van der Waals surface area contributed by atoms with E-state index in [9.17, 15) is 9.90 Å². The molecule has 0 unspecified atom stereocenters. The van der Waals surface area contributed by atoms with E-state index in [-0.39, 0.29) is 5.75 Å². The van der Waals surface area contributed by atoms with Crippen LogP contribution in [0.5, 0.6) is 5.75 Å². The molecular weight excluding hydrogens is 214 g/mol. The highest BCUT2D eigenvalue weighted by Crippen LogP contribution is 2.51. The first-order chi connectivity index (χ1) is 7.09. The first-order valence-corrected chi connectivity index (χ1v) is 5.05. The Labute approximate surface area is 92.4 Å². The normalized spacial score (nSPS) is 16.9. The number of aryl methyl sites for hydroxylation is 1. The molecule has 15 heavy (non-hydrogen) atoms. The van der Waals surface area contributed by atoms with Gasteiger partial charge in [-0.3, -0.25) is 0 Å². The van der Waals surface area contributed by atoms with Crippen LogP contribution < -0.4 is 0 Å². The number of halogens is 1. The number of carbonyl (C=O) groups excluding carboxylic acids is 1. The maximum absolute atomic E-state index is 10.3. The van der Waals surface area contributed by atoms with Gasteiger partial charge in [-0.25, -0.2) is 4.79 Å². The number of nitrogens with zero attached hydrogens (tertiary/aromatic N) is 1. The predicted molar refractivity (Wildman–Crippen MR) is 56.9 cm³/mol. The lowest BCUT2D eigenvalue weighted by Crippen LogP contribution is -2.04. The minimum Gasteiger partial charge on any atom is -0.506 e. The van der Waals surface area contributed by atoms with Gasteiger partial charge >= 0.3 is 0 Å². The molecule has 0 heterocycles. The Morgan fingerprint density at radius 1 is 1.53 bits per heavy atom. The molecule has 3 nitrogen and oxygen atoms in total. The van der Waals surface area contributed by atoms with Crippen molar-refractivity contribution < 1.29 is 9.90 Å². The van der Waals surface area contributed by atoms with Crippen molar-refractivity contribution in [1.82, 2.24) is 0 Å². The number of rotatable bonds is 2. The van der Waals surface area contributed by atoms with E-state index in [1.807, 2.05) is 6.92 Å². The summed E-state index contributed by atoms with van der Waals surface area (Å²) >= 11 is 5.83. The molecule has 1 aromatic carbocycles. The predicted octanol–water partition coefficient (Wildman–Crippen LogP) is 2.68. The summed E-state index contributed by atoms with van der Waals surface area (Å²) in [7, 11) is 0. The van der Waals surface area contributed by atoms with E-state index in [0.29, 0.717) is 5.02 Å². The summed E-state index contributed by atoms with van der Waals surface area (Å²) in [5.41, 5.74) is 1.38. The van der Waals surface area contributed by atoms with Crippen molar-refractivity contribution in [2.45, 2.75) is 25.3 Å². The van der Waals surface area contributed by atoms with Crippen LogP contribution in [0.3, 0.4) is 0 Å². The number of aromatic hydroxyl groups is 1. The molecule has 2 rings (SSSR count). The first kappa shape index (κ1) is 10.2. The summed E-state index contributed by atoms with van der Waals surface area (Å²) in [6.45, 7) is 1.87. The van der Waals surface area contributed by atoms with Crippen LogP contribution in [0.4, 0.5) is 0 Å². The molecule has 0 saturated heterocycles. The van der Waals surface area contributed by atoms with Gasteiger partial charge in [-0.05, 0) is 43.0 Å². The highest BCUT2D eigenvalue weighted by Gasteiger charge is 2.46. The Morgan fingerprint density at radius 3 is 2.73 bits per heavy atom. The van der Waals surface area contributed by atoms with Crippen molar-refractivity contribution in [3.63, 3.8) is 0 Å². The van der Waals surface area contributed by atoms with Gasteiger partial charge < -0.3 is 5.11 Å². The van der Waals surface area contributed by atoms with Crippen molar-refractivity contribution >= 4 is 17.7 Å². The van der Waals surface area contributed by atoms with Crippen LogP contribution >= 0.6 is 11.6 Å². The van der Waals surface area contributed by atoms with Crippen molar-refractivity contribution in [2.24, 2.45) is 4.99 Å². The fourth-order valence-electron chi connectivity index (χ4n) is 1.81. The number of phenols is 1. The van der Waals surface area contributed by atoms with Gasteiger partial charge in [0.15, 0.2) is 0 Å². The fourth-order valence-corrected chi connectivity index (χ4v) is 1.98. The van der Waals surface area contributed by atoms with Gasteiger partial charge in [-0.2, -0.15) is 4.99 Å². The average molecular weight is 224 g/mol. The number of aliphatic imine (C=N–C) groups is 1. The number of benzene rings is 1. The zero-order chi connectivity index (χ0) is 11.1. The molecule has 1 fully saturated rings.